The number of nitrogens with zero attached hydrogens (tertiary/aromatic N) is 2. The number of aliphatic carboxylic acids is 1. The van der Waals surface area contributed by atoms with Crippen LogP contribution >= 0.6 is 0 Å². The van der Waals surface area contributed by atoms with Gasteiger partial charge >= 0.3 is 5.97 Å². The molecule has 5 aliphatic rings. The van der Waals surface area contributed by atoms with Crippen LogP contribution in [0.15, 0.2) is 16.8 Å². The van der Waals surface area contributed by atoms with E-state index in [4.69, 9.17) is 11.3 Å². The van der Waals surface area contributed by atoms with E-state index in [1.807, 2.05) is 0 Å². The number of likely N-dealkylation sites (tertiary alicyclic amines) is 1. The van der Waals surface area contributed by atoms with E-state index < -0.39 is 29.6 Å². The first-order valence-corrected chi connectivity index (χ1v) is 13.3. The average molecular weight is 499 g/mol. The van der Waals surface area contributed by atoms with Crippen molar-refractivity contribution in [2.24, 2.45) is 33.7 Å². The molecule has 1 amide bonds. The standard InChI is InChI=1S/C28H38N2O6/c1-4-28(35)12-9-22-20-6-5-17-13-18(7-10-26(17,2)21(20)8-11-27(22,28)3)29-36-16-24(32)30-15-19(31)14-23(30)25(33)34/h1,13,19-23,31,35H,5-12,14-16H2,2-3H3,(H,33,34)/b29-18+/t19-,20-,21+,22-,23-,26+,27+,28-/m1/s1. The molecule has 5 rings (SSSR count). The summed E-state index contributed by atoms with van der Waals surface area (Å²) < 4.78 is 0. The lowest BCUT2D eigenvalue weighted by Crippen LogP contribution is -2.54. The Labute approximate surface area is 212 Å². The molecular weight excluding hydrogens is 460 g/mol. The quantitative estimate of drug-likeness (QED) is 0.405. The maximum absolute atomic E-state index is 12.5. The molecule has 0 radical (unpaired) electrons. The van der Waals surface area contributed by atoms with Crippen molar-refractivity contribution in [1.29, 1.82) is 0 Å². The molecular formula is C28H38N2O6. The summed E-state index contributed by atoms with van der Waals surface area (Å²) in [5.41, 5.74) is 1.11. The van der Waals surface area contributed by atoms with Crippen LogP contribution in [0.4, 0.5) is 0 Å². The third-order valence-electron chi connectivity index (χ3n) is 10.6. The van der Waals surface area contributed by atoms with Crippen LogP contribution in [0.25, 0.3) is 0 Å². The lowest BCUT2D eigenvalue weighted by molar-refractivity contribution is -0.150. The number of amides is 1. The van der Waals surface area contributed by atoms with Gasteiger partial charge in [0.05, 0.1) is 11.8 Å². The third-order valence-corrected chi connectivity index (χ3v) is 10.6. The van der Waals surface area contributed by atoms with Gasteiger partial charge in [0.2, 0.25) is 0 Å². The number of oxime groups is 1. The minimum Gasteiger partial charge on any atom is -0.480 e. The Kier molecular flexibility index (Phi) is 6.24. The highest BCUT2D eigenvalue weighted by Gasteiger charge is 2.63. The van der Waals surface area contributed by atoms with Crippen LogP contribution in [0.5, 0.6) is 0 Å². The van der Waals surface area contributed by atoms with Crippen LogP contribution in [-0.2, 0) is 14.4 Å². The first-order valence-electron chi connectivity index (χ1n) is 13.3. The van der Waals surface area contributed by atoms with Crippen LogP contribution in [0.2, 0.25) is 0 Å². The van der Waals surface area contributed by atoms with Crippen molar-refractivity contribution in [2.45, 2.75) is 89.4 Å². The third kappa shape index (κ3) is 3.78. The number of rotatable bonds is 4. The van der Waals surface area contributed by atoms with E-state index in [0.29, 0.717) is 24.2 Å². The number of aliphatic hydroxyl groups is 2. The number of fused-ring (bicyclic) bond motifs is 5. The summed E-state index contributed by atoms with van der Waals surface area (Å²) in [5.74, 6) is 2.73. The fourth-order valence-electron chi connectivity index (χ4n) is 8.47. The first kappa shape index (κ1) is 25.3. The number of hydrogen-bond donors (Lipinski definition) is 3. The lowest BCUT2D eigenvalue weighted by atomic mass is 9.46. The number of carboxylic acid groups (broad SMARTS) is 1. The minimum absolute atomic E-state index is 0.000520. The Bertz CT molecular complexity index is 1050. The lowest BCUT2D eigenvalue weighted by Gasteiger charge is -2.58. The van der Waals surface area contributed by atoms with Gasteiger partial charge < -0.3 is 25.1 Å². The Morgan fingerprint density at radius 2 is 1.94 bits per heavy atom. The van der Waals surface area contributed by atoms with E-state index in [-0.39, 0.29) is 30.4 Å². The van der Waals surface area contributed by atoms with Crippen LogP contribution < -0.4 is 0 Å². The molecule has 3 saturated carbocycles. The molecule has 4 fully saturated rings. The Morgan fingerprint density at radius 1 is 1.19 bits per heavy atom. The molecule has 1 heterocycles. The molecule has 0 aromatic rings. The monoisotopic (exact) mass is 498 g/mol. The number of carboxylic acids is 1. The number of terminal acetylenes is 1. The van der Waals surface area contributed by atoms with Crippen molar-refractivity contribution in [3.8, 4) is 12.3 Å². The number of carbonyl (C=O) groups is 2. The van der Waals surface area contributed by atoms with Gasteiger partial charge in [-0.05, 0) is 80.6 Å². The molecule has 0 unspecified atom stereocenters. The van der Waals surface area contributed by atoms with E-state index in [0.717, 1.165) is 55.6 Å². The molecule has 36 heavy (non-hydrogen) atoms. The zero-order chi connectivity index (χ0) is 25.9. The summed E-state index contributed by atoms with van der Waals surface area (Å²) in [7, 11) is 0. The molecule has 0 aromatic carbocycles. The fourth-order valence-corrected chi connectivity index (χ4v) is 8.47. The number of allylic oxidation sites excluding steroid dienone is 2. The van der Waals surface area contributed by atoms with Crippen molar-refractivity contribution in [3.63, 3.8) is 0 Å². The van der Waals surface area contributed by atoms with Crippen molar-refractivity contribution >= 4 is 17.6 Å². The molecule has 8 atom stereocenters. The van der Waals surface area contributed by atoms with E-state index in [1.54, 1.807) is 0 Å². The van der Waals surface area contributed by atoms with E-state index in [2.05, 4.69) is 31.0 Å². The van der Waals surface area contributed by atoms with Gasteiger partial charge in [-0.1, -0.05) is 30.5 Å². The van der Waals surface area contributed by atoms with Crippen molar-refractivity contribution in [2.75, 3.05) is 13.2 Å². The van der Waals surface area contributed by atoms with E-state index >= 15 is 0 Å². The molecule has 3 N–H and O–H groups in total. The predicted octanol–water partition coefficient (Wildman–Crippen LogP) is 2.73. The second kappa shape index (κ2) is 8.88. The topological polar surface area (TPSA) is 120 Å². The zero-order valence-corrected chi connectivity index (χ0v) is 21.3. The SMILES string of the molecule is C#C[C@@]1(O)CC[C@@H]2[C@@H]3CCC4=C/C(=N/OCC(=O)N5C[C@H](O)C[C@@H]5C(=O)O)CC[C@]4(C)[C@H]3CC[C@@]21C. The Hall–Kier alpha value is -2.37. The molecule has 0 spiro atoms. The second-order valence-electron chi connectivity index (χ2n) is 12.1. The number of carbonyl (C=O) groups excluding carboxylic acids is 1. The Morgan fingerprint density at radius 3 is 2.67 bits per heavy atom. The highest BCUT2D eigenvalue weighted by molar-refractivity contribution is 5.96. The minimum atomic E-state index is -1.12. The molecule has 4 aliphatic carbocycles. The fraction of sp³-hybridized carbons (Fsp3) is 0.750. The van der Waals surface area contributed by atoms with E-state index in [1.165, 1.54) is 5.57 Å². The highest BCUT2D eigenvalue weighted by Crippen LogP contribution is 2.67. The molecule has 8 nitrogen and oxygen atoms in total. The van der Waals surface area contributed by atoms with Gasteiger partial charge in [-0.2, -0.15) is 0 Å². The predicted molar refractivity (Wildman–Crippen MR) is 133 cm³/mol. The van der Waals surface area contributed by atoms with Crippen LogP contribution in [0, 0.1) is 40.9 Å². The highest BCUT2D eigenvalue weighted by atomic mass is 16.6. The van der Waals surface area contributed by atoms with Gasteiger partial charge in [0.15, 0.2) is 6.61 Å². The smallest absolute Gasteiger partial charge is 0.326 e. The first-order chi connectivity index (χ1) is 17.0. The summed E-state index contributed by atoms with van der Waals surface area (Å²) in [6, 6.07) is -1.02. The van der Waals surface area contributed by atoms with Crippen molar-refractivity contribution in [1.82, 2.24) is 4.90 Å². The molecule has 1 saturated heterocycles. The molecule has 196 valence electrons. The normalized spacial score (nSPS) is 44.8. The summed E-state index contributed by atoms with van der Waals surface area (Å²) in [6.45, 7) is 4.25. The van der Waals surface area contributed by atoms with Crippen LogP contribution in [-0.4, -0.2) is 68.7 Å². The van der Waals surface area contributed by atoms with Gasteiger partial charge in [0.1, 0.15) is 11.6 Å². The number of hydrogen-bond acceptors (Lipinski definition) is 6. The van der Waals surface area contributed by atoms with Gasteiger partial charge in [-0.25, -0.2) is 4.79 Å². The van der Waals surface area contributed by atoms with Gasteiger partial charge in [0.25, 0.3) is 5.91 Å². The maximum atomic E-state index is 12.5. The Balaban J connectivity index is 1.25. The molecule has 0 bridgehead atoms. The van der Waals surface area contributed by atoms with Gasteiger partial charge in [0, 0.05) is 18.4 Å². The molecule has 0 aromatic heterocycles. The molecule has 8 heteroatoms. The van der Waals surface area contributed by atoms with E-state index in [9.17, 15) is 24.9 Å². The zero-order valence-electron chi connectivity index (χ0n) is 21.3. The second-order valence-corrected chi connectivity index (χ2v) is 12.1. The van der Waals surface area contributed by atoms with Gasteiger partial charge in [-0.15, -0.1) is 6.42 Å². The van der Waals surface area contributed by atoms with Gasteiger partial charge in [-0.3, -0.25) is 4.79 Å². The van der Waals surface area contributed by atoms with Crippen molar-refractivity contribution in [3.05, 3.63) is 11.6 Å². The van der Waals surface area contributed by atoms with Crippen LogP contribution in [0.3, 0.4) is 0 Å². The van der Waals surface area contributed by atoms with Crippen LogP contribution in [0.1, 0.15) is 71.6 Å². The summed E-state index contributed by atoms with van der Waals surface area (Å²) in [6.07, 6.45) is 14.7. The average Bonchev–Trinajstić information content (AvgIpc) is 3.37. The largest absolute Gasteiger partial charge is 0.480 e. The molecule has 1 aliphatic heterocycles. The summed E-state index contributed by atoms with van der Waals surface area (Å²) in [4.78, 5) is 30.4. The maximum Gasteiger partial charge on any atom is 0.326 e. The summed E-state index contributed by atoms with van der Waals surface area (Å²) in [5, 5.41) is 34.5. The van der Waals surface area contributed by atoms with Crippen molar-refractivity contribution < 1.29 is 29.7 Å². The number of aliphatic hydroxyl groups excluding tert-OH is 1. The number of β-amino-alcohol motifs (C(OH)–C–C–N with tert-alkyl or cyclic N) is 1. The summed E-state index contributed by atoms with van der Waals surface area (Å²) >= 11 is 0.